The quantitative estimate of drug-likeness (QED) is 0.810. The average molecular weight is 278 g/mol. The van der Waals surface area contributed by atoms with Gasteiger partial charge in [-0.3, -0.25) is 10.1 Å². The van der Waals surface area contributed by atoms with Crippen LogP contribution in [-0.2, 0) is 4.79 Å². The van der Waals surface area contributed by atoms with Crippen LogP contribution in [-0.4, -0.2) is 23.4 Å². The largest absolute Gasteiger partial charge is 0.322 e. The van der Waals surface area contributed by atoms with Gasteiger partial charge in [-0.2, -0.15) is 0 Å². The van der Waals surface area contributed by atoms with E-state index in [1.807, 2.05) is 11.8 Å². The molecule has 0 aliphatic carbocycles. The van der Waals surface area contributed by atoms with Crippen molar-refractivity contribution in [1.82, 2.24) is 10.2 Å². The van der Waals surface area contributed by atoms with Gasteiger partial charge >= 0.3 is 0 Å². The van der Waals surface area contributed by atoms with E-state index < -0.39 is 0 Å². The van der Waals surface area contributed by atoms with E-state index in [-0.39, 0.29) is 23.9 Å². The molecule has 0 bridgehead atoms. The molecule has 1 aromatic rings. The van der Waals surface area contributed by atoms with E-state index in [0.29, 0.717) is 0 Å². The number of amides is 1. The Morgan fingerprint density at radius 1 is 1.20 bits per heavy atom. The van der Waals surface area contributed by atoms with Crippen molar-refractivity contribution in [2.24, 2.45) is 0 Å². The van der Waals surface area contributed by atoms with Gasteiger partial charge in [0, 0.05) is 6.54 Å². The molecule has 1 heterocycles. The van der Waals surface area contributed by atoms with Crippen LogP contribution in [0.15, 0.2) is 24.3 Å². The van der Waals surface area contributed by atoms with Gasteiger partial charge in [0.1, 0.15) is 12.0 Å². The first-order valence-electron chi connectivity index (χ1n) is 7.49. The number of benzene rings is 1. The molecule has 3 nitrogen and oxygen atoms in total. The molecular formula is C16H23FN2O. The van der Waals surface area contributed by atoms with Crippen molar-refractivity contribution in [3.05, 3.63) is 35.6 Å². The SMILES string of the molecule is CCCCCN1C(=O)C(CC)NC1c1ccc(F)cc1. The molecule has 1 saturated heterocycles. The Balaban J connectivity index is 2.15. The Hall–Kier alpha value is -1.42. The summed E-state index contributed by atoms with van der Waals surface area (Å²) in [5, 5.41) is 3.36. The van der Waals surface area contributed by atoms with Crippen molar-refractivity contribution in [1.29, 1.82) is 0 Å². The molecule has 0 aromatic heterocycles. The minimum absolute atomic E-state index is 0.119. The topological polar surface area (TPSA) is 32.3 Å². The van der Waals surface area contributed by atoms with Crippen LogP contribution in [0.2, 0.25) is 0 Å². The molecule has 1 aliphatic heterocycles. The molecule has 1 N–H and O–H groups in total. The summed E-state index contributed by atoms with van der Waals surface area (Å²) in [6.45, 7) is 4.92. The monoisotopic (exact) mass is 278 g/mol. The van der Waals surface area contributed by atoms with E-state index >= 15 is 0 Å². The standard InChI is InChI=1S/C16H23FN2O/c1-3-5-6-11-19-15(18-14(4-2)16(19)20)12-7-9-13(17)10-8-12/h7-10,14-15,18H,3-6,11H2,1-2H3. The Labute approximate surface area is 120 Å². The maximum atomic E-state index is 13.0. The molecule has 2 unspecified atom stereocenters. The van der Waals surface area contributed by atoms with E-state index in [1.54, 1.807) is 12.1 Å². The highest BCUT2D eigenvalue weighted by atomic mass is 19.1. The molecule has 2 atom stereocenters. The second kappa shape index (κ2) is 6.84. The summed E-state index contributed by atoms with van der Waals surface area (Å²) in [6.07, 6.45) is 3.92. The summed E-state index contributed by atoms with van der Waals surface area (Å²) in [7, 11) is 0. The average Bonchev–Trinajstić information content (AvgIpc) is 2.77. The van der Waals surface area contributed by atoms with Crippen molar-refractivity contribution in [2.45, 2.75) is 51.7 Å². The van der Waals surface area contributed by atoms with Gasteiger partial charge in [0.05, 0.1) is 6.04 Å². The van der Waals surface area contributed by atoms with Crippen molar-refractivity contribution in [3.8, 4) is 0 Å². The van der Waals surface area contributed by atoms with E-state index in [1.165, 1.54) is 12.1 Å². The van der Waals surface area contributed by atoms with Gasteiger partial charge in [0.25, 0.3) is 0 Å². The molecule has 1 aliphatic rings. The third kappa shape index (κ3) is 3.18. The lowest BCUT2D eigenvalue weighted by Gasteiger charge is -2.24. The normalized spacial score (nSPS) is 22.6. The lowest BCUT2D eigenvalue weighted by molar-refractivity contribution is -0.130. The Morgan fingerprint density at radius 3 is 2.50 bits per heavy atom. The van der Waals surface area contributed by atoms with E-state index in [0.717, 1.165) is 37.8 Å². The molecule has 0 radical (unpaired) electrons. The van der Waals surface area contributed by atoms with Crippen LogP contribution in [0.3, 0.4) is 0 Å². The van der Waals surface area contributed by atoms with Crippen LogP contribution < -0.4 is 5.32 Å². The number of nitrogens with one attached hydrogen (secondary N) is 1. The minimum atomic E-state index is -0.248. The fourth-order valence-electron chi connectivity index (χ4n) is 2.66. The second-order valence-corrected chi connectivity index (χ2v) is 5.32. The number of carbonyl (C=O) groups is 1. The van der Waals surface area contributed by atoms with E-state index in [4.69, 9.17) is 0 Å². The van der Waals surface area contributed by atoms with Crippen LogP contribution in [0.5, 0.6) is 0 Å². The smallest absolute Gasteiger partial charge is 0.241 e. The molecule has 0 saturated carbocycles. The predicted octanol–water partition coefficient (Wildman–Crippen LogP) is 3.22. The third-order valence-corrected chi connectivity index (χ3v) is 3.85. The van der Waals surface area contributed by atoms with Crippen molar-refractivity contribution >= 4 is 5.91 Å². The summed E-state index contributed by atoms with van der Waals surface area (Å²) in [5.74, 6) is -0.0828. The van der Waals surface area contributed by atoms with Gasteiger partial charge in [-0.25, -0.2) is 4.39 Å². The zero-order chi connectivity index (χ0) is 14.5. The lowest BCUT2D eigenvalue weighted by atomic mass is 10.1. The van der Waals surface area contributed by atoms with Gasteiger partial charge in [-0.1, -0.05) is 38.8 Å². The van der Waals surface area contributed by atoms with Crippen LogP contribution in [0, 0.1) is 5.82 Å². The maximum Gasteiger partial charge on any atom is 0.241 e. The number of hydrogen-bond donors (Lipinski definition) is 1. The van der Waals surface area contributed by atoms with E-state index in [9.17, 15) is 9.18 Å². The van der Waals surface area contributed by atoms with Crippen LogP contribution >= 0.6 is 0 Å². The Morgan fingerprint density at radius 2 is 1.90 bits per heavy atom. The summed E-state index contributed by atoms with van der Waals surface area (Å²) in [5.41, 5.74) is 0.951. The zero-order valence-corrected chi connectivity index (χ0v) is 12.2. The summed E-state index contributed by atoms with van der Waals surface area (Å²) in [4.78, 5) is 14.3. The first-order chi connectivity index (χ1) is 9.67. The van der Waals surface area contributed by atoms with Gasteiger partial charge in [0.2, 0.25) is 5.91 Å². The summed E-state index contributed by atoms with van der Waals surface area (Å²) < 4.78 is 13.0. The van der Waals surface area contributed by atoms with Gasteiger partial charge in [-0.05, 0) is 30.5 Å². The van der Waals surface area contributed by atoms with Gasteiger partial charge in [0.15, 0.2) is 0 Å². The number of halogens is 1. The number of nitrogens with zero attached hydrogens (tertiary/aromatic N) is 1. The van der Waals surface area contributed by atoms with Crippen LogP contribution in [0.25, 0.3) is 0 Å². The zero-order valence-electron chi connectivity index (χ0n) is 12.2. The highest BCUT2D eigenvalue weighted by molar-refractivity contribution is 5.84. The highest BCUT2D eigenvalue weighted by Gasteiger charge is 2.37. The molecule has 4 heteroatoms. The molecule has 2 rings (SSSR count). The second-order valence-electron chi connectivity index (χ2n) is 5.32. The third-order valence-electron chi connectivity index (χ3n) is 3.85. The number of carbonyl (C=O) groups excluding carboxylic acids is 1. The van der Waals surface area contributed by atoms with E-state index in [2.05, 4.69) is 12.2 Å². The minimum Gasteiger partial charge on any atom is -0.322 e. The summed E-state index contributed by atoms with van der Waals surface area (Å²) in [6, 6.07) is 6.29. The first-order valence-corrected chi connectivity index (χ1v) is 7.49. The molecule has 1 aromatic carbocycles. The van der Waals surface area contributed by atoms with Gasteiger partial charge < -0.3 is 4.90 Å². The predicted molar refractivity (Wildman–Crippen MR) is 77.6 cm³/mol. The fraction of sp³-hybridized carbons (Fsp3) is 0.562. The molecule has 110 valence electrons. The van der Waals surface area contributed by atoms with Crippen LogP contribution in [0.1, 0.15) is 51.3 Å². The fourth-order valence-corrected chi connectivity index (χ4v) is 2.66. The van der Waals surface area contributed by atoms with Crippen LogP contribution in [0.4, 0.5) is 4.39 Å². The van der Waals surface area contributed by atoms with Crippen molar-refractivity contribution < 1.29 is 9.18 Å². The molecule has 20 heavy (non-hydrogen) atoms. The Kier molecular flexibility index (Phi) is 5.12. The lowest BCUT2D eigenvalue weighted by Crippen LogP contribution is -2.31. The number of rotatable bonds is 6. The molecule has 0 spiro atoms. The molecular weight excluding hydrogens is 255 g/mol. The van der Waals surface area contributed by atoms with Crippen molar-refractivity contribution in [2.75, 3.05) is 6.54 Å². The number of unbranched alkanes of at least 4 members (excludes halogenated alkanes) is 2. The summed E-state index contributed by atoms with van der Waals surface area (Å²) >= 11 is 0. The van der Waals surface area contributed by atoms with Gasteiger partial charge in [-0.15, -0.1) is 0 Å². The first kappa shape index (κ1) is 15.0. The molecule has 1 amide bonds. The maximum absolute atomic E-state index is 13.0. The van der Waals surface area contributed by atoms with Crippen molar-refractivity contribution in [3.63, 3.8) is 0 Å². The Bertz CT molecular complexity index is 446. The molecule has 1 fully saturated rings. The number of hydrogen-bond acceptors (Lipinski definition) is 2. The highest BCUT2D eigenvalue weighted by Crippen LogP contribution is 2.27.